The third-order valence-corrected chi connectivity index (χ3v) is 3.98. The average molecular weight is 292 g/mol. The van der Waals surface area contributed by atoms with Gasteiger partial charge in [0, 0.05) is 6.54 Å². The predicted octanol–water partition coefficient (Wildman–Crippen LogP) is 2.80. The summed E-state index contributed by atoms with van der Waals surface area (Å²) in [5.74, 6) is 0.519. The second-order valence-electron chi connectivity index (χ2n) is 4.04. The lowest BCUT2D eigenvalue weighted by Gasteiger charge is -2.03. The zero-order chi connectivity index (χ0) is 13.2. The third-order valence-electron chi connectivity index (χ3n) is 2.92. The molecule has 0 bridgehead atoms. The van der Waals surface area contributed by atoms with Crippen molar-refractivity contribution in [3.8, 4) is 5.88 Å². The van der Waals surface area contributed by atoms with Crippen molar-refractivity contribution in [1.29, 1.82) is 0 Å². The number of ether oxygens (including phenoxy) is 1. The van der Waals surface area contributed by atoms with Crippen molar-refractivity contribution in [2.75, 3.05) is 7.11 Å². The minimum atomic E-state index is 0.519. The van der Waals surface area contributed by atoms with Gasteiger partial charge in [0.05, 0.1) is 7.11 Å². The number of nitrogens with one attached hydrogen (secondary N) is 1. The number of nitrogens with zero attached hydrogens (tertiary/aromatic N) is 3. The third kappa shape index (κ3) is 2.26. The molecule has 1 N–H and O–H groups in total. The van der Waals surface area contributed by atoms with Crippen LogP contribution in [-0.4, -0.2) is 26.6 Å². The van der Waals surface area contributed by atoms with E-state index in [1.165, 1.54) is 11.9 Å². The van der Waals surface area contributed by atoms with Gasteiger partial charge in [0.15, 0.2) is 10.4 Å². The number of thiophene rings is 1. The van der Waals surface area contributed by atoms with Crippen molar-refractivity contribution in [1.82, 2.24) is 19.5 Å². The molecule has 0 saturated carbocycles. The zero-order valence-electron chi connectivity index (χ0n) is 10.3. The van der Waals surface area contributed by atoms with Gasteiger partial charge in [0.25, 0.3) is 0 Å². The Bertz CT molecular complexity index is 745. The fraction of sp³-hybridized carbons (Fsp3) is 0.250. The van der Waals surface area contributed by atoms with E-state index in [2.05, 4.69) is 31.8 Å². The highest BCUT2D eigenvalue weighted by Crippen LogP contribution is 2.20. The summed E-state index contributed by atoms with van der Waals surface area (Å²) in [6, 6.07) is 2.12. The van der Waals surface area contributed by atoms with E-state index in [-0.39, 0.29) is 0 Å². The van der Waals surface area contributed by atoms with E-state index in [4.69, 9.17) is 17.0 Å². The van der Waals surface area contributed by atoms with E-state index in [9.17, 15) is 0 Å². The Morgan fingerprint density at radius 1 is 1.47 bits per heavy atom. The number of aryl methyl sites for hydroxylation is 2. The summed E-state index contributed by atoms with van der Waals surface area (Å²) in [5.41, 5.74) is 2.84. The minimum Gasteiger partial charge on any atom is -0.479 e. The van der Waals surface area contributed by atoms with Crippen LogP contribution in [-0.2, 0) is 13.0 Å². The number of hydrogen-bond acceptors (Lipinski definition) is 5. The Morgan fingerprint density at radius 2 is 2.37 bits per heavy atom. The fourth-order valence-corrected chi connectivity index (χ4v) is 2.97. The maximum Gasteiger partial charge on any atom is 0.242 e. The number of methoxy groups -OCH3 is 1. The molecule has 3 aromatic heterocycles. The Labute approximate surface area is 118 Å². The lowest BCUT2D eigenvalue weighted by atomic mass is 10.2. The molecule has 0 aliphatic carbocycles. The molecule has 5 nitrogen and oxygen atoms in total. The summed E-state index contributed by atoms with van der Waals surface area (Å²) in [5, 5.41) is 4.23. The Kier molecular flexibility index (Phi) is 3.31. The van der Waals surface area contributed by atoms with Crippen molar-refractivity contribution < 1.29 is 4.74 Å². The van der Waals surface area contributed by atoms with Crippen LogP contribution in [0.4, 0.5) is 0 Å². The Balaban J connectivity index is 1.99. The predicted molar refractivity (Wildman–Crippen MR) is 77.3 cm³/mol. The second kappa shape index (κ2) is 5.10. The van der Waals surface area contributed by atoms with Crippen LogP contribution in [0, 0.1) is 4.77 Å². The van der Waals surface area contributed by atoms with Crippen LogP contribution in [0.25, 0.3) is 11.2 Å². The van der Waals surface area contributed by atoms with Crippen molar-refractivity contribution in [2.45, 2.75) is 13.0 Å². The van der Waals surface area contributed by atoms with Crippen molar-refractivity contribution in [3.63, 3.8) is 0 Å². The van der Waals surface area contributed by atoms with Gasteiger partial charge in [-0.05, 0) is 41.0 Å². The number of aromatic amines is 1. The van der Waals surface area contributed by atoms with Crippen LogP contribution in [0.5, 0.6) is 5.88 Å². The van der Waals surface area contributed by atoms with Crippen molar-refractivity contribution >= 4 is 34.7 Å². The first-order chi connectivity index (χ1) is 9.29. The first-order valence-electron chi connectivity index (χ1n) is 5.78. The topological polar surface area (TPSA) is 55.7 Å². The molecule has 0 spiro atoms. The number of rotatable bonds is 4. The summed E-state index contributed by atoms with van der Waals surface area (Å²) in [7, 11) is 1.58. The normalized spacial score (nSPS) is 11.0. The van der Waals surface area contributed by atoms with Gasteiger partial charge in [0.1, 0.15) is 11.8 Å². The molecule has 0 aliphatic heterocycles. The van der Waals surface area contributed by atoms with Crippen LogP contribution in [0.15, 0.2) is 23.2 Å². The highest BCUT2D eigenvalue weighted by molar-refractivity contribution is 7.71. The molecule has 19 heavy (non-hydrogen) atoms. The van der Waals surface area contributed by atoms with Crippen LogP contribution in [0.3, 0.4) is 0 Å². The molecule has 3 aromatic rings. The van der Waals surface area contributed by atoms with Gasteiger partial charge >= 0.3 is 0 Å². The van der Waals surface area contributed by atoms with Crippen LogP contribution in [0.1, 0.15) is 5.56 Å². The smallest absolute Gasteiger partial charge is 0.242 e. The largest absolute Gasteiger partial charge is 0.479 e. The molecule has 3 rings (SSSR count). The standard InChI is InChI=1S/C12H12N4OS2/c1-17-11-9-10(13-7-14-11)16(12(18)15-9)4-2-8-3-5-19-6-8/h3,5-7H,2,4H2,1H3,(H,15,18). The molecule has 0 fully saturated rings. The van der Waals surface area contributed by atoms with Crippen LogP contribution < -0.4 is 4.74 Å². The molecule has 0 amide bonds. The highest BCUT2D eigenvalue weighted by atomic mass is 32.1. The monoisotopic (exact) mass is 292 g/mol. The molecule has 0 atom stereocenters. The van der Waals surface area contributed by atoms with Gasteiger partial charge in [-0.1, -0.05) is 0 Å². The van der Waals surface area contributed by atoms with Gasteiger partial charge in [-0.25, -0.2) is 4.98 Å². The Morgan fingerprint density at radius 3 is 3.11 bits per heavy atom. The van der Waals surface area contributed by atoms with E-state index in [1.807, 2.05) is 4.57 Å². The quantitative estimate of drug-likeness (QED) is 0.751. The van der Waals surface area contributed by atoms with Gasteiger partial charge in [-0.2, -0.15) is 16.3 Å². The van der Waals surface area contributed by atoms with E-state index in [1.54, 1.807) is 18.4 Å². The van der Waals surface area contributed by atoms with E-state index >= 15 is 0 Å². The van der Waals surface area contributed by atoms with Crippen LogP contribution >= 0.6 is 23.6 Å². The maximum atomic E-state index is 5.34. The summed E-state index contributed by atoms with van der Waals surface area (Å²) in [6.45, 7) is 0.787. The van der Waals surface area contributed by atoms with Gasteiger partial charge in [-0.3, -0.25) is 0 Å². The first-order valence-corrected chi connectivity index (χ1v) is 7.13. The molecule has 0 aliphatic rings. The van der Waals surface area contributed by atoms with Gasteiger partial charge < -0.3 is 14.3 Å². The maximum absolute atomic E-state index is 5.34. The molecular formula is C12H12N4OS2. The summed E-state index contributed by atoms with van der Waals surface area (Å²) >= 11 is 7.04. The van der Waals surface area contributed by atoms with E-state index < -0.39 is 0 Å². The minimum absolute atomic E-state index is 0.519. The molecule has 0 radical (unpaired) electrons. The lowest BCUT2D eigenvalue weighted by molar-refractivity contribution is 0.401. The second-order valence-corrected chi connectivity index (χ2v) is 5.21. The van der Waals surface area contributed by atoms with Crippen molar-refractivity contribution in [2.24, 2.45) is 0 Å². The van der Waals surface area contributed by atoms with E-state index in [0.29, 0.717) is 10.7 Å². The zero-order valence-corrected chi connectivity index (χ0v) is 11.9. The number of aromatic nitrogens is 4. The van der Waals surface area contributed by atoms with Gasteiger partial charge in [0.2, 0.25) is 5.88 Å². The molecule has 0 saturated heterocycles. The SMILES string of the molecule is COc1ncnc2c1[nH]c(=S)n2CCc1ccsc1. The molecule has 3 heterocycles. The number of hydrogen-bond donors (Lipinski definition) is 1. The summed E-state index contributed by atoms with van der Waals surface area (Å²) in [6.07, 6.45) is 2.42. The van der Waals surface area contributed by atoms with E-state index in [0.717, 1.165) is 24.1 Å². The number of H-pyrrole nitrogens is 1. The summed E-state index contributed by atoms with van der Waals surface area (Å²) < 4.78 is 7.83. The highest BCUT2D eigenvalue weighted by Gasteiger charge is 2.11. The van der Waals surface area contributed by atoms with Gasteiger partial charge in [-0.15, -0.1) is 0 Å². The molecule has 98 valence electrons. The molecule has 7 heteroatoms. The Hall–Kier alpha value is -1.73. The van der Waals surface area contributed by atoms with Crippen LogP contribution in [0.2, 0.25) is 0 Å². The first kappa shape index (κ1) is 12.3. The number of imidazole rings is 1. The molecule has 0 aromatic carbocycles. The molecular weight excluding hydrogens is 280 g/mol. The lowest BCUT2D eigenvalue weighted by Crippen LogP contribution is -2.02. The summed E-state index contributed by atoms with van der Waals surface area (Å²) in [4.78, 5) is 11.5. The molecule has 0 unspecified atom stereocenters. The fourth-order valence-electron chi connectivity index (χ4n) is 1.98. The van der Waals surface area contributed by atoms with Crippen molar-refractivity contribution in [3.05, 3.63) is 33.5 Å². The number of fused-ring (bicyclic) bond motifs is 1. The average Bonchev–Trinajstić information content (AvgIpc) is 3.03.